The van der Waals surface area contributed by atoms with Crippen molar-refractivity contribution in [3.05, 3.63) is 11.1 Å². The van der Waals surface area contributed by atoms with Crippen molar-refractivity contribution in [1.29, 1.82) is 0 Å². The molecule has 0 aliphatic heterocycles. The number of carbonyl (C=O) groups is 2. The largest absolute Gasteiger partial charge is 0.443 e. The summed E-state index contributed by atoms with van der Waals surface area (Å²) in [7, 11) is 0. The Kier molecular flexibility index (Phi) is 6.06. The zero-order valence-electron chi connectivity index (χ0n) is 12.4. The smallest absolute Gasteiger partial charge is 0.420 e. The molecule has 0 radical (unpaired) electrons. The molecule has 0 atom stereocenters. The zero-order valence-corrected chi connectivity index (χ0v) is 14.0. The van der Waals surface area contributed by atoms with Gasteiger partial charge in [0.25, 0.3) is 0 Å². The molecule has 5 nitrogen and oxygen atoms in total. The van der Waals surface area contributed by atoms with Crippen LogP contribution < -0.4 is 0 Å². The molecule has 0 aliphatic carbocycles. The first-order valence-corrected chi connectivity index (χ1v) is 6.68. The second-order valence-corrected chi connectivity index (χ2v) is 7.19. The number of amides is 2. The Labute approximate surface area is 123 Å². The van der Waals surface area contributed by atoms with Gasteiger partial charge >= 0.3 is 12.2 Å². The number of carbonyl (C=O) groups excluding carboxylic acids is 2. The molecule has 0 unspecified atom stereocenters. The van der Waals surface area contributed by atoms with Crippen molar-refractivity contribution in [3.63, 3.8) is 0 Å². The van der Waals surface area contributed by atoms with Crippen LogP contribution in [0.3, 0.4) is 0 Å². The lowest BCUT2D eigenvalue weighted by Gasteiger charge is -2.28. The van der Waals surface area contributed by atoms with Crippen LogP contribution >= 0.6 is 15.9 Å². The van der Waals surface area contributed by atoms with E-state index in [1.807, 2.05) is 0 Å². The maximum Gasteiger partial charge on any atom is 0.420 e. The number of hydrogen-bond donors (Lipinski definition) is 0. The Bertz CT molecular complexity index is 338. The standard InChI is InChI=1S/C13H22BrNO4/c1-9(14)8-15(10(16)18-12(2,3)4)11(17)19-13(5,6)7/h1,8H2,2-7H3. The van der Waals surface area contributed by atoms with E-state index in [1.54, 1.807) is 41.5 Å². The zero-order chi connectivity index (χ0) is 15.4. The summed E-state index contributed by atoms with van der Waals surface area (Å²) in [5, 5.41) is 0. The van der Waals surface area contributed by atoms with Gasteiger partial charge in [-0.15, -0.1) is 0 Å². The van der Waals surface area contributed by atoms with Gasteiger partial charge in [-0.1, -0.05) is 22.5 Å². The van der Waals surface area contributed by atoms with Crippen molar-refractivity contribution in [2.75, 3.05) is 6.54 Å². The molecule has 0 saturated heterocycles. The van der Waals surface area contributed by atoms with Crippen LogP contribution in [0.15, 0.2) is 11.1 Å². The molecule has 19 heavy (non-hydrogen) atoms. The van der Waals surface area contributed by atoms with Crippen LogP contribution in [0, 0.1) is 0 Å². The minimum absolute atomic E-state index is 0.0101. The molecule has 0 saturated carbocycles. The molecule has 0 heterocycles. The average Bonchev–Trinajstić information content (AvgIpc) is 2.07. The lowest BCUT2D eigenvalue weighted by molar-refractivity contribution is 0.00363. The molecule has 0 aromatic rings. The SMILES string of the molecule is C=C(Br)CN(C(=O)OC(C)(C)C)C(=O)OC(C)(C)C. The minimum Gasteiger partial charge on any atom is -0.443 e. The maximum atomic E-state index is 12.0. The summed E-state index contributed by atoms with van der Waals surface area (Å²) >= 11 is 3.12. The van der Waals surface area contributed by atoms with Gasteiger partial charge < -0.3 is 9.47 Å². The summed E-state index contributed by atoms with van der Waals surface area (Å²) in [6, 6.07) is 0. The van der Waals surface area contributed by atoms with Crippen LogP contribution in [-0.4, -0.2) is 34.8 Å². The Morgan fingerprint density at radius 3 is 1.53 bits per heavy atom. The van der Waals surface area contributed by atoms with Gasteiger partial charge in [0.1, 0.15) is 11.2 Å². The topological polar surface area (TPSA) is 55.8 Å². The third kappa shape index (κ3) is 8.64. The number of rotatable bonds is 2. The quantitative estimate of drug-likeness (QED) is 0.763. The molecule has 0 fully saturated rings. The molecule has 0 spiro atoms. The maximum absolute atomic E-state index is 12.0. The Morgan fingerprint density at radius 2 is 1.32 bits per heavy atom. The van der Waals surface area contributed by atoms with E-state index < -0.39 is 23.4 Å². The molecule has 0 aliphatic rings. The highest BCUT2D eigenvalue weighted by atomic mass is 79.9. The lowest BCUT2D eigenvalue weighted by atomic mass is 10.2. The van der Waals surface area contributed by atoms with Crippen molar-refractivity contribution in [3.8, 4) is 0 Å². The van der Waals surface area contributed by atoms with Gasteiger partial charge in [0.15, 0.2) is 0 Å². The number of imide groups is 1. The van der Waals surface area contributed by atoms with Gasteiger partial charge in [0.05, 0.1) is 6.54 Å². The second-order valence-electron chi connectivity index (χ2n) is 6.06. The summed E-state index contributed by atoms with van der Waals surface area (Å²) in [5.74, 6) is 0. The van der Waals surface area contributed by atoms with Gasteiger partial charge in [-0.05, 0) is 41.5 Å². The molecular formula is C13H22BrNO4. The van der Waals surface area contributed by atoms with E-state index in [4.69, 9.17) is 9.47 Å². The molecule has 110 valence electrons. The first-order valence-electron chi connectivity index (χ1n) is 5.88. The number of ether oxygens (including phenoxy) is 2. The third-order valence-corrected chi connectivity index (χ3v) is 1.81. The molecule has 0 rings (SSSR count). The minimum atomic E-state index is -0.762. The highest BCUT2D eigenvalue weighted by Crippen LogP contribution is 2.16. The Balaban J connectivity index is 4.95. The van der Waals surface area contributed by atoms with E-state index in [1.165, 1.54) is 0 Å². The molecule has 6 heteroatoms. The van der Waals surface area contributed by atoms with Crippen LogP contribution in [0.25, 0.3) is 0 Å². The lowest BCUT2D eigenvalue weighted by Crippen LogP contribution is -2.44. The first kappa shape index (κ1) is 18.0. The van der Waals surface area contributed by atoms with Crippen LogP contribution in [0.1, 0.15) is 41.5 Å². The van der Waals surface area contributed by atoms with Crippen molar-refractivity contribution < 1.29 is 19.1 Å². The van der Waals surface area contributed by atoms with E-state index in [2.05, 4.69) is 22.5 Å². The second kappa shape index (κ2) is 6.41. The van der Waals surface area contributed by atoms with E-state index in [9.17, 15) is 9.59 Å². The summed E-state index contributed by atoms with van der Waals surface area (Å²) in [4.78, 5) is 24.8. The third-order valence-electron chi connectivity index (χ3n) is 1.56. The van der Waals surface area contributed by atoms with Gasteiger partial charge in [-0.2, -0.15) is 0 Å². The molecular weight excluding hydrogens is 314 g/mol. The predicted molar refractivity (Wildman–Crippen MR) is 77.2 cm³/mol. The van der Waals surface area contributed by atoms with Crippen LogP contribution in [-0.2, 0) is 9.47 Å². The molecule has 0 N–H and O–H groups in total. The fraction of sp³-hybridized carbons (Fsp3) is 0.692. The van der Waals surface area contributed by atoms with Gasteiger partial charge in [-0.3, -0.25) is 0 Å². The summed E-state index contributed by atoms with van der Waals surface area (Å²) in [6.45, 7) is 13.9. The Morgan fingerprint density at radius 1 is 1.00 bits per heavy atom. The number of halogens is 1. The van der Waals surface area contributed by atoms with Crippen molar-refractivity contribution in [2.45, 2.75) is 52.7 Å². The van der Waals surface area contributed by atoms with Gasteiger partial charge in [-0.25, -0.2) is 14.5 Å². The van der Waals surface area contributed by atoms with Crippen molar-refractivity contribution in [1.82, 2.24) is 4.90 Å². The fourth-order valence-electron chi connectivity index (χ4n) is 1.01. The van der Waals surface area contributed by atoms with E-state index in [-0.39, 0.29) is 6.54 Å². The van der Waals surface area contributed by atoms with Crippen molar-refractivity contribution >= 4 is 28.1 Å². The van der Waals surface area contributed by atoms with E-state index >= 15 is 0 Å². The normalized spacial score (nSPS) is 11.7. The predicted octanol–water partition coefficient (Wildman–Crippen LogP) is 4.07. The van der Waals surface area contributed by atoms with E-state index in [0.29, 0.717) is 4.48 Å². The van der Waals surface area contributed by atoms with Crippen molar-refractivity contribution in [2.24, 2.45) is 0 Å². The summed E-state index contributed by atoms with van der Waals surface area (Å²) in [6.07, 6.45) is -1.52. The number of nitrogens with zero attached hydrogens (tertiary/aromatic N) is 1. The van der Waals surface area contributed by atoms with Gasteiger partial charge in [0, 0.05) is 4.48 Å². The monoisotopic (exact) mass is 335 g/mol. The fourth-order valence-corrected chi connectivity index (χ4v) is 1.26. The highest BCUT2D eigenvalue weighted by Gasteiger charge is 2.31. The number of hydrogen-bond acceptors (Lipinski definition) is 4. The molecule has 0 aromatic carbocycles. The average molecular weight is 336 g/mol. The molecule has 0 aromatic heterocycles. The van der Waals surface area contributed by atoms with Crippen LogP contribution in [0.4, 0.5) is 9.59 Å². The highest BCUT2D eigenvalue weighted by molar-refractivity contribution is 9.11. The molecule has 0 bridgehead atoms. The first-order chi connectivity index (χ1) is 8.32. The molecule has 2 amide bonds. The van der Waals surface area contributed by atoms with E-state index in [0.717, 1.165) is 4.90 Å². The van der Waals surface area contributed by atoms with Crippen LogP contribution in [0.5, 0.6) is 0 Å². The summed E-state index contributed by atoms with van der Waals surface area (Å²) in [5.41, 5.74) is -1.38. The Hall–Kier alpha value is -1.04. The van der Waals surface area contributed by atoms with Crippen LogP contribution in [0.2, 0.25) is 0 Å². The van der Waals surface area contributed by atoms with Gasteiger partial charge in [0.2, 0.25) is 0 Å². The summed E-state index contributed by atoms with van der Waals surface area (Å²) < 4.78 is 10.8.